The number of carbonyl (C=O) groups is 1. The highest BCUT2D eigenvalue weighted by Gasteiger charge is 2.53. The second kappa shape index (κ2) is 6.44. The molecule has 2 aliphatic rings. The Labute approximate surface area is 166 Å². The highest BCUT2D eigenvalue weighted by Crippen LogP contribution is 2.50. The van der Waals surface area contributed by atoms with Crippen molar-refractivity contribution in [2.45, 2.75) is 37.0 Å². The molecule has 1 saturated heterocycles. The fraction of sp³-hybridized carbons (Fsp3) is 0.381. The van der Waals surface area contributed by atoms with Gasteiger partial charge in [0.05, 0.1) is 5.41 Å². The first kappa shape index (κ1) is 16.9. The fourth-order valence-corrected chi connectivity index (χ4v) is 4.57. The Bertz CT molecular complexity index is 985. The highest BCUT2D eigenvalue weighted by molar-refractivity contribution is 9.10. The lowest BCUT2D eigenvalue weighted by Gasteiger charge is -2.34. The lowest BCUT2D eigenvalue weighted by Crippen LogP contribution is -2.43. The first-order valence-electron chi connectivity index (χ1n) is 9.52. The number of piperidine rings is 1. The van der Waals surface area contributed by atoms with Crippen molar-refractivity contribution in [1.82, 2.24) is 19.5 Å². The van der Waals surface area contributed by atoms with Crippen molar-refractivity contribution in [1.29, 1.82) is 0 Å². The van der Waals surface area contributed by atoms with Crippen LogP contribution in [0.2, 0.25) is 0 Å². The van der Waals surface area contributed by atoms with E-state index in [2.05, 4.69) is 47.6 Å². The molecule has 3 heterocycles. The third-order valence-corrected chi connectivity index (χ3v) is 6.57. The van der Waals surface area contributed by atoms with Crippen LogP contribution in [-0.2, 0) is 10.2 Å². The van der Waals surface area contributed by atoms with E-state index in [1.54, 1.807) is 0 Å². The fourth-order valence-electron chi connectivity index (χ4n) is 4.30. The van der Waals surface area contributed by atoms with E-state index in [-0.39, 0.29) is 5.41 Å². The molecule has 0 atom stereocenters. The molecule has 2 fully saturated rings. The van der Waals surface area contributed by atoms with Crippen LogP contribution < -0.4 is 0 Å². The van der Waals surface area contributed by atoms with Crippen molar-refractivity contribution in [3.63, 3.8) is 0 Å². The topological polar surface area (TPSA) is 50.5 Å². The maximum absolute atomic E-state index is 13.3. The summed E-state index contributed by atoms with van der Waals surface area (Å²) in [5, 5.41) is 8.68. The Morgan fingerprint density at radius 2 is 1.78 bits per heavy atom. The minimum atomic E-state index is -0.283. The molecule has 5 rings (SSSR count). The summed E-state index contributed by atoms with van der Waals surface area (Å²) in [6, 6.07) is 14.2. The van der Waals surface area contributed by atoms with Crippen molar-refractivity contribution in [2.75, 3.05) is 13.1 Å². The van der Waals surface area contributed by atoms with Crippen LogP contribution in [0.3, 0.4) is 0 Å². The molecule has 0 unspecified atom stereocenters. The van der Waals surface area contributed by atoms with E-state index in [0.717, 1.165) is 60.3 Å². The average molecular weight is 425 g/mol. The summed E-state index contributed by atoms with van der Waals surface area (Å²) in [7, 11) is 0. The third kappa shape index (κ3) is 2.87. The summed E-state index contributed by atoms with van der Waals surface area (Å²) in [4.78, 5) is 15.3. The lowest BCUT2D eigenvalue weighted by molar-refractivity contribution is -0.135. The van der Waals surface area contributed by atoms with E-state index in [4.69, 9.17) is 0 Å². The molecule has 0 radical (unpaired) electrons. The Kier molecular flexibility index (Phi) is 4.04. The molecule has 27 heavy (non-hydrogen) atoms. The van der Waals surface area contributed by atoms with E-state index in [0.29, 0.717) is 11.8 Å². The van der Waals surface area contributed by atoms with Gasteiger partial charge in [-0.2, -0.15) is 0 Å². The maximum Gasteiger partial charge on any atom is 0.233 e. The summed E-state index contributed by atoms with van der Waals surface area (Å²) in [6.07, 6.45) is 5.83. The van der Waals surface area contributed by atoms with Gasteiger partial charge < -0.3 is 4.90 Å². The number of benzene rings is 1. The summed E-state index contributed by atoms with van der Waals surface area (Å²) in [5.41, 5.74) is 1.76. The zero-order valence-corrected chi connectivity index (χ0v) is 16.6. The third-order valence-electron chi connectivity index (χ3n) is 6.04. The number of nitrogens with zero attached hydrogens (tertiary/aromatic N) is 4. The quantitative estimate of drug-likeness (QED) is 0.639. The van der Waals surface area contributed by atoms with Gasteiger partial charge >= 0.3 is 0 Å². The predicted octanol–water partition coefficient (Wildman–Crippen LogP) is 3.93. The van der Waals surface area contributed by atoms with Crippen molar-refractivity contribution in [3.05, 3.63) is 64.5 Å². The van der Waals surface area contributed by atoms with E-state index in [9.17, 15) is 4.79 Å². The second-order valence-corrected chi connectivity index (χ2v) is 8.56. The van der Waals surface area contributed by atoms with Gasteiger partial charge in [0, 0.05) is 29.7 Å². The molecule has 138 valence electrons. The number of carbonyl (C=O) groups excluding carboxylic acids is 1. The lowest BCUT2D eigenvalue weighted by atomic mass is 9.91. The van der Waals surface area contributed by atoms with Gasteiger partial charge in [-0.05, 0) is 55.5 Å². The molecule has 0 spiro atoms. The Morgan fingerprint density at radius 3 is 2.48 bits per heavy atom. The molecule has 0 N–H and O–H groups in total. The number of amides is 1. The molecule has 1 aliphatic heterocycles. The van der Waals surface area contributed by atoms with Gasteiger partial charge in [-0.15, -0.1) is 10.2 Å². The maximum atomic E-state index is 13.3. The Morgan fingerprint density at radius 1 is 1.04 bits per heavy atom. The first-order valence-corrected chi connectivity index (χ1v) is 10.3. The van der Waals surface area contributed by atoms with Crippen molar-refractivity contribution in [3.8, 4) is 0 Å². The van der Waals surface area contributed by atoms with Crippen LogP contribution in [0.5, 0.6) is 0 Å². The van der Waals surface area contributed by atoms with Gasteiger partial charge in [-0.1, -0.05) is 34.1 Å². The van der Waals surface area contributed by atoms with E-state index in [1.807, 2.05) is 36.5 Å². The zero-order chi connectivity index (χ0) is 18.4. The molecule has 6 heteroatoms. The highest BCUT2D eigenvalue weighted by atomic mass is 79.9. The van der Waals surface area contributed by atoms with E-state index < -0.39 is 0 Å². The minimum absolute atomic E-state index is 0.283. The van der Waals surface area contributed by atoms with Crippen LogP contribution in [0, 0.1) is 0 Å². The molecule has 1 aliphatic carbocycles. The van der Waals surface area contributed by atoms with Crippen LogP contribution in [-0.4, -0.2) is 38.5 Å². The largest absolute Gasteiger partial charge is 0.342 e. The molecule has 1 saturated carbocycles. The van der Waals surface area contributed by atoms with Gasteiger partial charge in [-0.3, -0.25) is 9.20 Å². The summed E-state index contributed by atoms with van der Waals surface area (Å²) < 4.78 is 3.13. The number of aromatic nitrogens is 3. The Hall–Kier alpha value is -2.21. The van der Waals surface area contributed by atoms with Crippen molar-refractivity contribution in [2.24, 2.45) is 0 Å². The smallest absolute Gasteiger partial charge is 0.233 e. The van der Waals surface area contributed by atoms with Gasteiger partial charge in [-0.25, -0.2) is 0 Å². The predicted molar refractivity (Wildman–Crippen MR) is 107 cm³/mol. The van der Waals surface area contributed by atoms with Crippen LogP contribution in [0.15, 0.2) is 53.1 Å². The molecule has 0 bridgehead atoms. The van der Waals surface area contributed by atoms with Crippen molar-refractivity contribution < 1.29 is 4.79 Å². The van der Waals surface area contributed by atoms with Gasteiger partial charge in [0.15, 0.2) is 5.65 Å². The van der Waals surface area contributed by atoms with Crippen molar-refractivity contribution >= 4 is 27.5 Å². The standard InChI is InChI=1S/C21H21BrN4O/c22-17-6-4-16(5-7-17)21(10-11-21)20(27)25-13-8-15(9-14-25)19-24-23-18-3-1-2-12-26(18)19/h1-7,12,15H,8-11,13-14H2. The summed E-state index contributed by atoms with van der Waals surface area (Å²) in [6.45, 7) is 1.59. The molecule has 5 nitrogen and oxygen atoms in total. The monoisotopic (exact) mass is 424 g/mol. The van der Waals surface area contributed by atoms with Gasteiger partial charge in [0.25, 0.3) is 0 Å². The number of hydrogen-bond acceptors (Lipinski definition) is 3. The number of rotatable bonds is 3. The summed E-state index contributed by atoms with van der Waals surface area (Å²) >= 11 is 3.48. The van der Waals surface area contributed by atoms with Crippen LogP contribution >= 0.6 is 15.9 Å². The first-order chi connectivity index (χ1) is 13.2. The van der Waals surface area contributed by atoms with E-state index in [1.165, 1.54) is 0 Å². The summed E-state index contributed by atoms with van der Waals surface area (Å²) in [5.74, 6) is 1.68. The van der Waals surface area contributed by atoms with Crippen LogP contribution in [0.25, 0.3) is 5.65 Å². The zero-order valence-electron chi connectivity index (χ0n) is 15.0. The van der Waals surface area contributed by atoms with Gasteiger partial charge in [0.2, 0.25) is 5.91 Å². The number of halogens is 1. The molecule has 1 aromatic carbocycles. The normalized spacial score (nSPS) is 19.4. The number of hydrogen-bond donors (Lipinski definition) is 0. The minimum Gasteiger partial charge on any atom is -0.342 e. The number of fused-ring (bicyclic) bond motifs is 1. The van der Waals surface area contributed by atoms with E-state index >= 15 is 0 Å². The molecule has 2 aromatic heterocycles. The van der Waals surface area contributed by atoms with Crippen LogP contribution in [0.1, 0.15) is 43.0 Å². The van der Waals surface area contributed by atoms with Crippen LogP contribution in [0.4, 0.5) is 0 Å². The SMILES string of the molecule is O=C(N1CCC(c2nnc3ccccn23)CC1)C1(c2ccc(Br)cc2)CC1. The molecular weight excluding hydrogens is 404 g/mol. The molecule has 1 amide bonds. The second-order valence-electron chi connectivity index (χ2n) is 7.64. The molecular formula is C21H21BrN4O. The average Bonchev–Trinajstić information content (AvgIpc) is 3.41. The number of likely N-dealkylation sites (tertiary alicyclic amines) is 1. The number of pyridine rings is 1. The molecule has 3 aromatic rings. The van der Waals surface area contributed by atoms with Gasteiger partial charge in [0.1, 0.15) is 5.82 Å². The Balaban J connectivity index is 1.30.